The molecule has 0 aliphatic rings. The predicted octanol–water partition coefficient (Wildman–Crippen LogP) is 2.27. The number of anilines is 1. The average Bonchev–Trinajstić information content (AvgIpc) is 2.89. The highest BCUT2D eigenvalue weighted by molar-refractivity contribution is 6.04. The number of H-pyrrole nitrogens is 1. The SMILES string of the molecule is NCc1cccc(C(=O)Nc2nc3ccccc3[nH]2)c1. The summed E-state index contributed by atoms with van der Waals surface area (Å²) < 4.78 is 0. The molecule has 1 heterocycles. The summed E-state index contributed by atoms with van der Waals surface area (Å²) in [5, 5.41) is 2.75. The summed E-state index contributed by atoms with van der Waals surface area (Å²) in [6.45, 7) is 0.408. The Morgan fingerprint density at radius 2 is 2.05 bits per heavy atom. The van der Waals surface area contributed by atoms with Gasteiger partial charge in [0.2, 0.25) is 5.95 Å². The Kier molecular flexibility index (Phi) is 3.18. The fourth-order valence-electron chi connectivity index (χ4n) is 2.03. The van der Waals surface area contributed by atoms with Crippen molar-refractivity contribution >= 4 is 22.9 Å². The van der Waals surface area contributed by atoms with E-state index in [9.17, 15) is 4.79 Å². The Morgan fingerprint density at radius 1 is 1.20 bits per heavy atom. The zero-order chi connectivity index (χ0) is 13.9. The zero-order valence-electron chi connectivity index (χ0n) is 10.8. The molecule has 100 valence electrons. The molecule has 5 nitrogen and oxygen atoms in total. The molecule has 3 rings (SSSR count). The van der Waals surface area contributed by atoms with Gasteiger partial charge in [0.1, 0.15) is 0 Å². The monoisotopic (exact) mass is 266 g/mol. The van der Waals surface area contributed by atoms with E-state index >= 15 is 0 Å². The van der Waals surface area contributed by atoms with E-state index in [2.05, 4.69) is 15.3 Å². The van der Waals surface area contributed by atoms with Crippen molar-refractivity contribution in [3.63, 3.8) is 0 Å². The van der Waals surface area contributed by atoms with Crippen LogP contribution in [0.25, 0.3) is 11.0 Å². The van der Waals surface area contributed by atoms with Crippen LogP contribution in [0.1, 0.15) is 15.9 Å². The van der Waals surface area contributed by atoms with E-state index in [-0.39, 0.29) is 5.91 Å². The van der Waals surface area contributed by atoms with Crippen LogP contribution in [0.4, 0.5) is 5.95 Å². The minimum Gasteiger partial charge on any atom is -0.326 e. The van der Waals surface area contributed by atoms with E-state index in [1.807, 2.05) is 36.4 Å². The number of hydrogen-bond donors (Lipinski definition) is 3. The van der Waals surface area contributed by atoms with Gasteiger partial charge < -0.3 is 10.7 Å². The molecule has 20 heavy (non-hydrogen) atoms. The average molecular weight is 266 g/mol. The van der Waals surface area contributed by atoms with E-state index in [0.717, 1.165) is 16.6 Å². The molecule has 0 unspecified atom stereocenters. The van der Waals surface area contributed by atoms with Crippen LogP contribution in [0, 0.1) is 0 Å². The molecule has 0 aliphatic heterocycles. The molecule has 0 saturated heterocycles. The molecule has 5 heteroatoms. The molecule has 0 radical (unpaired) electrons. The van der Waals surface area contributed by atoms with Gasteiger partial charge in [0.15, 0.2) is 0 Å². The Bertz CT molecular complexity index is 730. The van der Waals surface area contributed by atoms with Gasteiger partial charge in [-0.2, -0.15) is 0 Å². The van der Waals surface area contributed by atoms with Crippen LogP contribution in [0.3, 0.4) is 0 Å². The second-order valence-corrected chi connectivity index (χ2v) is 4.46. The van der Waals surface area contributed by atoms with Crippen LogP contribution in [0.2, 0.25) is 0 Å². The smallest absolute Gasteiger partial charge is 0.257 e. The van der Waals surface area contributed by atoms with Gasteiger partial charge in [0, 0.05) is 12.1 Å². The second-order valence-electron chi connectivity index (χ2n) is 4.46. The number of fused-ring (bicyclic) bond motifs is 1. The summed E-state index contributed by atoms with van der Waals surface area (Å²) in [7, 11) is 0. The number of amides is 1. The van der Waals surface area contributed by atoms with Gasteiger partial charge in [-0.3, -0.25) is 10.1 Å². The minimum absolute atomic E-state index is 0.209. The molecular weight excluding hydrogens is 252 g/mol. The quantitative estimate of drug-likeness (QED) is 0.680. The third-order valence-electron chi connectivity index (χ3n) is 3.05. The van der Waals surface area contributed by atoms with Crippen molar-refractivity contribution in [3.05, 3.63) is 59.7 Å². The summed E-state index contributed by atoms with van der Waals surface area (Å²) in [5.41, 5.74) is 8.76. The summed E-state index contributed by atoms with van der Waals surface area (Å²) >= 11 is 0. The molecule has 0 bridgehead atoms. The topological polar surface area (TPSA) is 83.8 Å². The van der Waals surface area contributed by atoms with Gasteiger partial charge in [0.25, 0.3) is 5.91 Å². The molecule has 1 amide bonds. The Morgan fingerprint density at radius 3 is 2.85 bits per heavy atom. The lowest BCUT2D eigenvalue weighted by Gasteiger charge is -2.03. The van der Waals surface area contributed by atoms with Crippen molar-refractivity contribution in [3.8, 4) is 0 Å². The van der Waals surface area contributed by atoms with E-state index in [1.54, 1.807) is 12.1 Å². The fraction of sp³-hybridized carbons (Fsp3) is 0.0667. The van der Waals surface area contributed by atoms with Gasteiger partial charge >= 0.3 is 0 Å². The first-order valence-electron chi connectivity index (χ1n) is 6.31. The zero-order valence-corrected chi connectivity index (χ0v) is 10.8. The normalized spacial score (nSPS) is 10.7. The highest BCUT2D eigenvalue weighted by Gasteiger charge is 2.09. The maximum absolute atomic E-state index is 12.1. The van der Waals surface area contributed by atoms with Gasteiger partial charge in [-0.05, 0) is 29.8 Å². The molecule has 4 N–H and O–H groups in total. The fourth-order valence-corrected chi connectivity index (χ4v) is 2.03. The Hall–Kier alpha value is -2.66. The van der Waals surface area contributed by atoms with Crippen molar-refractivity contribution in [2.75, 3.05) is 5.32 Å². The van der Waals surface area contributed by atoms with Gasteiger partial charge in [-0.15, -0.1) is 0 Å². The number of carbonyl (C=O) groups excluding carboxylic acids is 1. The largest absolute Gasteiger partial charge is 0.326 e. The first kappa shape index (κ1) is 12.4. The number of para-hydroxylation sites is 2. The van der Waals surface area contributed by atoms with Crippen molar-refractivity contribution in [2.24, 2.45) is 5.73 Å². The number of nitrogens with one attached hydrogen (secondary N) is 2. The van der Waals surface area contributed by atoms with Crippen LogP contribution >= 0.6 is 0 Å². The van der Waals surface area contributed by atoms with Gasteiger partial charge in [-0.25, -0.2) is 4.98 Å². The number of rotatable bonds is 3. The van der Waals surface area contributed by atoms with Crippen molar-refractivity contribution in [1.29, 1.82) is 0 Å². The lowest BCUT2D eigenvalue weighted by Crippen LogP contribution is -2.13. The number of aromatic amines is 1. The van der Waals surface area contributed by atoms with E-state index in [0.29, 0.717) is 18.1 Å². The third-order valence-corrected chi connectivity index (χ3v) is 3.05. The van der Waals surface area contributed by atoms with Crippen molar-refractivity contribution in [1.82, 2.24) is 9.97 Å². The first-order valence-corrected chi connectivity index (χ1v) is 6.31. The summed E-state index contributed by atoms with van der Waals surface area (Å²) in [5.74, 6) is 0.230. The lowest BCUT2D eigenvalue weighted by molar-refractivity contribution is 0.102. The first-order chi connectivity index (χ1) is 9.76. The summed E-state index contributed by atoms with van der Waals surface area (Å²) in [6.07, 6.45) is 0. The number of carbonyl (C=O) groups is 1. The predicted molar refractivity (Wildman–Crippen MR) is 78.4 cm³/mol. The summed E-state index contributed by atoms with van der Waals surface area (Å²) in [6, 6.07) is 14.8. The third kappa shape index (κ3) is 2.39. The maximum atomic E-state index is 12.1. The molecular formula is C15H14N4O. The highest BCUT2D eigenvalue weighted by Crippen LogP contribution is 2.14. The molecule has 0 atom stereocenters. The highest BCUT2D eigenvalue weighted by atomic mass is 16.1. The molecule has 0 aliphatic carbocycles. The van der Waals surface area contributed by atoms with E-state index in [1.165, 1.54) is 0 Å². The summed E-state index contributed by atoms with van der Waals surface area (Å²) in [4.78, 5) is 19.5. The van der Waals surface area contributed by atoms with Crippen LogP contribution < -0.4 is 11.1 Å². The van der Waals surface area contributed by atoms with Crippen LogP contribution in [0.5, 0.6) is 0 Å². The standard InChI is InChI=1S/C15H14N4O/c16-9-10-4-3-5-11(8-10)14(20)19-15-17-12-6-1-2-7-13(12)18-15/h1-8H,9,16H2,(H2,17,18,19,20). The van der Waals surface area contributed by atoms with Gasteiger partial charge in [-0.1, -0.05) is 24.3 Å². The Balaban J connectivity index is 1.84. The molecule has 1 aromatic heterocycles. The molecule has 0 saturated carbocycles. The van der Waals surface area contributed by atoms with Crippen LogP contribution in [0.15, 0.2) is 48.5 Å². The number of imidazole rings is 1. The van der Waals surface area contributed by atoms with Crippen LogP contribution in [-0.2, 0) is 6.54 Å². The molecule has 0 spiro atoms. The molecule has 3 aromatic rings. The number of aromatic nitrogens is 2. The minimum atomic E-state index is -0.209. The molecule has 0 fully saturated rings. The van der Waals surface area contributed by atoms with E-state index in [4.69, 9.17) is 5.73 Å². The number of nitrogens with zero attached hydrogens (tertiary/aromatic N) is 1. The van der Waals surface area contributed by atoms with E-state index < -0.39 is 0 Å². The molecule has 2 aromatic carbocycles. The van der Waals surface area contributed by atoms with Crippen molar-refractivity contribution < 1.29 is 4.79 Å². The van der Waals surface area contributed by atoms with Crippen molar-refractivity contribution in [2.45, 2.75) is 6.54 Å². The lowest BCUT2D eigenvalue weighted by atomic mass is 10.1. The number of hydrogen-bond acceptors (Lipinski definition) is 3. The van der Waals surface area contributed by atoms with Crippen LogP contribution in [-0.4, -0.2) is 15.9 Å². The number of benzene rings is 2. The Labute approximate surface area is 115 Å². The van der Waals surface area contributed by atoms with Gasteiger partial charge in [0.05, 0.1) is 11.0 Å². The maximum Gasteiger partial charge on any atom is 0.257 e. The second kappa shape index (κ2) is 5.14. The number of nitrogens with two attached hydrogens (primary N) is 1.